The summed E-state index contributed by atoms with van der Waals surface area (Å²) in [6.07, 6.45) is 2.73. The number of benzene rings is 1. The van der Waals surface area contributed by atoms with Crippen LogP contribution in [0.1, 0.15) is 35.3 Å². The zero-order chi connectivity index (χ0) is 13.8. The van der Waals surface area contributed by atoms with Gasteiger partial charge in [-0.1, -0.05) is 29.4 Å². The number of ether oxygens (including phenoxy) is 1. The number of methoxy groups -OCH3 is 1. The molecule has 3 rings (SSSR count). The van der Waals surface area contributed by atoms with Crippen LogP contribution in [0.15, 0.2) is 28.8 Å². The SMILES string of the molecule is COCCCc1noc(C2NCCc3ccccc32)n1. The van der Waals surface area contributed by atoms with Crippen LogP contribution in [0.3, 0.4) is 0 Å². The Morgan fingerprint density at radius 1 is 1.40 bits per heavy atom. The van der Waals surface area contributed by atoms with Crippen LogP contribution >= 0.6 is 0 Å². The molecule has 5 nitrogen and oxygen atoms in total. The summed E-state index contributed by atoms with van der Waals surface area (Å²) in [5.41, 5.74) is 2.60. The van der Waals surface area contributed by atoms with Crippen LogP contribution < -0.4 is 5.32 Å². The highest BCUT2D eigenvalue weighted by Crippen LogP contribution is 2.27. The molecule has 0 bridgehead atoms. The molecule has 20 heavy (non-hydrogen) atoms. The van der Waals surface area contributed by atoms with Gasteiger partial charge >= 0.3 is 0 Å². The van der Waals surface area contributed by atoms with E-state index in [1.807, 2.05) is 0 Å². The number of nitrogens with one attached hydrogen (secondary N) is 1. The Morgan fingerprint density at radius 2 is 2.30 bits per heavy atom. The first kappa shape index (κ1) is 13.3. The number of hydrogen-bond donors (Lipinski definition) is 1. The monoisotopic (exact) mass is 273 g/mol. The molecule has 1 unspecified atom stereocenters. The Hall–Kier alpha value is -1.72. The molecule has 2 heterocycles. The molecule has 0 amide bonds. The summed E-state index contributed by atoms with van der Waals surface area (Å²) in [5, 5.41) is 7.51. The van der Waals surface area contributed by atoms with Crippen molar-refractivity contribution in [1.29, 1.82) is 0 Å². The number of nitrogens with zero attached hydrogens (tertiary/aromatic N) is 2. The van der Waals surface area contributed by atoms with Crippen LogP contribution in [-0.4, -0.2) is 30.4 Å². The lowest BCUT2D eigenvalue weighted by atomic mass is 9.94. The van der Waals surface area contributed by atoms with Gasteiger partial charge in [0.1, 0.15) is 6.04 Å². The second-order valence-electron chi connectivity index (χ2n) is 4.98. The second-order valence-corrected chi connectivity index (χ2v) is 4.98. The predicted molar refractivity (Wildman–Crippen MR) is 74.5 cm³/mol. The lowest BCUT2D eigenvalue weighted by Crippen LogP contribution is -2.30. The summed E-state index contributed by atoms with van der Waals surface area (Å²) < 4.78 is 10.5. The van der Waals surface area contributed by atoms with E-state index in [4.69, 9.17) is 9.26 Å². The molecule has 1 aromatic carbocycles. The van der Waals surface area contributed by atoms with Gasteiger partial charge < -0.3 is 14.6 Å². The fraction of sp³-hybridized carbons (Fsp3) is 0.467. The fourth-order valence-corrected chi connectivity index (χ4v) is 2.59. The van der Waals surface area contributed by atoms with E-state index >= 15 is 0 Å². The van der Waals surface area contributed by atoms with Crippen molar-refractivity contribution in [2.45, 2.75) is 25.3 Å². The zero-order valence-corrected chi connectivity index (χ0v) is 11.6. The lowest BCUT2D eigenvalue weighted by Gasteiger charge is -2.23. The highest BCUT2D eigenvalue weighted by molar-refractivity contribution is 5.35. The highest BCUT2D eigenvalue weighted by atomic mass is 16.5. The van der Waals surface area contributed by atoms with Gasteiger partial charge in [0.15, 0.2) is 5.82 Å². The Kier molecular flexibility index (Phi) is 4.08. The fourth-order valence-electron chi connectivity index (χ4n) is 2.59. The van der Waals surface area contributed by atoms with E-state index in [0.717, 1.165) is 31.6 Å². The van der Waals surface area contributed by atoms with Gasteiger partial charge in [-0.05, 0) is 24.0 Å². The van der Waals surface area contributed by atoms with E-state index in [0.29, 0.717) is 12.5 Å². The molecule has 1 aliphatic rings. The van der Waals surface area contributed by atoms with Crippen molar-refractivity contribution in [2.24, 2.45) is 0 Å². The van der Waals surface area contributed by atoms with Gasteiger partial charge in [-0.3, -0.25) is 0 Å². The van der Waals surface area contributed by atoms with E-state index in [9.17, 15) is 0 Å². The van der Waals surface area contributed by atoms with E-state index in [1.165, 1.54) is 11.1 Å². The third kappa shape index (κ3) is 2.73. The lowest BCUT2D eigenvalue weighted by molar-refractivity contribution is 0.194. The third-order valence-corrected chi connectivity index (χ3v) is 3.59. The number of rotatable bonds is 5. The van der Waals surface area contributed by atoms with Crippen molar-refractivity contribution >= 4 is 0 Å². The van der Waals surface area contributed by atoms with Crippen LogP contribution in [0.5, 0.6) is 0 Å². The summed E-state index contributed by atoms with van der Waals surface area (Å²) in [5.74, 6) is 1.41. The van der Waals surface area contributed by atoms with Gasteiger partial charge in [0.2, 0.25) is 5.89 Å². The molecule has 5 heteroatoms. The first-order valence-electron chi connectivity index (χ1n) is 7.01. The zero-order valence-electron chi connectivity index (χ0n) is 11.6. The van der Waals surface area contributed by atoms with Gasteiger partial charge in [-0.15, -0.1) is 0 Å². The number of fused-ring (bicyclic) bond motifs is 1. The van der Waals surface area contributed by atoms with Gasteiger partial charge in [0.05, 0.1) is 0 Å². The molecule has 0 spiro atoms. The van der Waals surface area contributed by atoms with Crippen molar-refractivity contribution < 1.29 is 9.26 Å². The first-order valence-corrected chi connectivity index (χ1v) is 7.01. The van der Waals surface area contributed by atoms with Crippen LogP contribution in [-0.2, 0) is 17.6 Å². The minimum atomic E-state index is 0.0172. The molecule has 1 aromatic heterocycles. The van der Waals surface area contributed by atoms with Gasteiger partial charge in [0, 0.05) is 26.7 Å². The summed E-state index contributed by atoms with van der Waals surface area (Å²) in [7, 11) is 1.70. The van der Waals surface area contributed by atoms with Gasteiger partial charge in [0.25, 0.3) is 0 Å². The number of aryl methyl sites for hydroxylation is 1. The van der Waals surface area contributed by atoms with E-state index < -0.39 is 0 Å². The Labute approximate surface area is 118 Å². The van der Waals surface area contributed by atoms with E-state index in [-0.39, 0.29) is 6.04 Å². The molecule has 0 saturated heterocycles. The van der Waals surface area contributed by atoms with Crippen molar-refractivity contribution in [3.8, 4) is 0 Å². The van der Waals surface area contributed by atoms with E-state index in [1.54, 1.807) is 7.11 Å². The largest absolute Gasteiger partial charge is 0.385 e. The van der Waals surface area contributed by atoms with Gasteiger partial charge in [-0.25, -0.2) is 0 Å². The van der Waals surface area contributed by atoms with Crippen LogP contribution in [0.2, 0.25) is 0 Å². The van der Waals surface area contributed by atoms with Crippen molar-refractivity contribution in [1.82, 2.24) is 15.5 Å². The minimum absolute atomic E-state index is 0.0172. The molecule has 0 saturated carbocycles. The topological polar surface area (TPSA) is 60.2 Å². The Morgan fingerprint density at radius 3 is 3.20 bits per heavy atom. The summed E-state index contributed by atoms with van der Waals surface area (Å²) in [6, 6.07) is 8.43. The van der Waals surface area contributed by atoms with Crippen LogP contribution in [0.25, 0.3) is 0 Å². The minimum Gasteiger partial charge on any atom is -0.385 e. The molecule has 1 aliphatic heterocycles. The molecule has 1 atom stereocenters. The summed E-state index contributed by atoms with van der Waals surface area (Å²) in [6.45, 7) is 1.65. The van der Waals surface area contributed by atoms with Crippen LogP contribution in [0.4, 0.5) is 0 Å². The number of aromatic nitrogens is 2. The normalized spacial score (nSPS) is 17.9. The molecule has 1 N–H and O–H groups in total. The first-order chi connectivity index (χ1) is 9.88. The summed E-state index contributed by atoms with van der Waals surface area (Å²) in [4.78, 5) is 4.51. The Balaban J connectivity index is 1.77. The predicted octanol–water partition coefficient (Wildman–Crippen LogP) is 1.88. The van der Waals surface area contributed by atoms with Crippen molar-refractivity contribution in [2.75, 3.05) is 20.3 Å². The molecular weight excluding hydrogens is 254 g/mol. The molecule has 2 aromatic rings. The maximum Gasteiger partial charge on any atom is 0.248 e. The maximum atomic E-state index is 5.43. The average Bonchev–Trinajstić information content (AvgIpc) is 2.96. The van der Waals surface area contributed by atoms with Crippen molar-refractivity contribution in [3.63, 3.8) is 0 Å². The van der Waals surface area contributed by atoms with E-state index in [2.05, 4.69) is 39.7 Å². The quantitative estimate of drug-likeness (QED) is 0.843. The molecule has 106 valence electrons. The Bertz CT molecular complexity index is 568. The third-order valence-electron chi connectivity index (χ3n) is 3.59. The molecule has 0 radical (unpaired) electrons. The van der Waals surface area contributed by atoms with Gasteiger partial charge in [-0.2, -0.15) is 4.98 Å². The molecular formula is C15H19N3O2. The second kappa shape index (κ2) is 6.15. The van der Waals surface area contributed by atoms with Crippen LogP contribution in [0, 0.1) is 0 Å². The standard InChI is InChI=1S/C15H19N3O2/c1-19-10-4-7-13-17-15(20-18-13)14-12-6-3-2-5-11(12)8-9-16-14/h2-3,5-6,14,16H,4,7-10H2,1H3. The van der Waals surface area contributed by atoms with Crippen molar-refractivity contribution in [3.05, 3.63) is 47.1 Å². The molecule has 0 aliphatic carbocycles. The summed E-state index contributed by atoms with van der Waals surface area (Å²) >= 11 is 0. The molecule has 0 fully saturated rings. The highest BCUT2D eigenvalue weighted by Gasteiger charge is 2.25. The maximum absolute atomic E-state index is 5.43. The average molecular weight is 273 g/mol. The smallest absolute Gasteiger partial charge is 0.248 e. The number of hydrogen-bond acceptors (Lipinski definition) is 5.